The van der Waals surface area contributed by atoms with E-state index in [1.165, 1.54) is 18.2 Å². The van der Waals surface area contributed by atoms with Gasteiger partial charge in [-0.15, -0.1) is 0 Å². The van der Waals surface area contributed by atoms with Crippen molar-refractivity contribution in [3.63, 3.8) is 0 Å². The molecule has 0 bridgehead atoms. The van der Waals surface area contributed by atoms with Crippen LogP contribution in [-0.2, 0) is 6.42 Å². The topological polar surface area (TPSA) is 98.3 Å². The molecule has 1 heterocycles. The summed E-state index contributed by atoms with van der Waals surface area (Å²) in [5.74, 6) is -1.11. The van der Waals surface area contributed by atoms with Gasteiger partial charge in [-0.05, 0) is 25.5 Å². The lowest BCUT2D eigenvalue weighted by Crippen LogP contribution is -2.05. The van der Waals surface area contributed by atoms with Crippen LogP contribution < -0.4 is 0 Å². The molecule has 1 aromatic heterocycles. The summed E-state index contributed by atoms with van der Waals surface area (Å²) in [6.07, 6.45) is 0.456. The number of aryl methyl sites for hydroxylation is 1. The first kappa shape index (κ1) is 17.3. The summed E-state index contributed by atoms with van der Waals surface area (Å²) in [4.78, 5) is 22.4. The molecule has 0 aliphatic heterocycles. The van der Waals surface area contributed by atoms with E-state index in [9.17, 15) is 20.0 Å². The van der Waals surface area contributed by atoms with E-state index < -0.39 is 10.9 Å². The number of carbonyl (C=O) groups is 1. The molecule has 0 unspecified atom stereocenters. The van der Waals surface area contributed by atoms with Gasteiger partial charge in [-0.1, -0.05) is 36.8 Å². The smallest absolute Gasteiger partial charge is 0.339 e. The predicted octanol–water partition coefficient (Wildman–Crippen LogP) is 4.02. The molecule has 0 radical (unpaired) electrons. The highest BCUT2D eigenvalue weighted by Crippen LogP contribution is 2.30. The molecule has 0 aliphatic carbocycles. The highest BCUT2D eigenvalue weighted by Gasteiger charge is 2.25. The van der Waals surface area contributed by atoms with Crippen LogP contribution in [0.25, 0.3) is 16.9 Å². The van der Waals surface area contributed by atoms with Crippen LogP contribution in [0, 0.1) is 17.0 Å². The maximum atomic E-state index is 11.9. The number of nitrogens with zero attached hydrogens (tertiary/aromatic N) is 3. The minimum atomic E-state index is -1.11. The molecule has 0 fully saturated rings. The number of carboxylic acids is 1. The minimum absolute atomic E-state index is 0.0635. The Morgan fingerprint density at radius 3 is 2.50 bits per heavy atom. The fraction of sp³-hybridized carbons (Fsp3) is 0.158. The Morgan fingerprint density at radius 1 is 1.23 bits per heavy atom. The van der Waals surface area contributed by atoms with Crippen molar-refractivity contribution < 1.29 is 14.8 Å². The lowest BCUT2D eigenvalue weighted by atomic mass is 10.0. The minimum Gasteiger partial charge on any atom is -0.478 e. The van der Waals surface area contributed by atoms with Crippen LogP contribution in [0.4, 0.5) is 5.69 Å². The number of rotatable bonds is 5. The Hall–Kier alpha value is -3.48. The van der Waals surface area contributed by atoms with Crippen molar-refractivity contribution >= 4 is 11.7 Å². The third-order valence-electron chi connectivity index (χ3n) is 4.14. The second kappa shape index (κ2) is 6.79. The lowest BCUT2D eigenvalue weighted by Gasteiger charge is -2.06. The Kier molecular flexibility index (Phi) is 4.53. The lowest BCUT2D eigenvalue weighted by molar-refractivity contribution is -0.384. The average molecular weight is 351 g/mol. The van der Waals surface area contributed by atoms with Crippen molar-refractivity contribution in [2.75, 3.05) is 0 Å². The number of hydrogen-bond acceptors (Lipinski definition) is 4. The van der Waals surface area contributed by atoms with Gasteiger partial charge in [0.2, 0.25) is 0 Å². The Balaban J connectivity index is 2.25. The summed E-state index contributed by atoms with van der Waals surface area (Å²) in [6, 6.07) is 13.4. The van der Waals surface area contributed by atoms with Gasteiger partial charge in [0.25, 0.3) is 5.69 Å². The van der Waals surface area contributed by atoms with Gasteiger partial charge in [0.15, 0.2) is 0 Å². The monoisotopic (exact) mass is 351 g/mol. The first-order valence-corrected chi connectivity index (χ1v) is 8.09. The quantitative estimate of drug-likeness (QED) is 0.553. The summed E-state index contributed by atoms with van der Waals surface area (Å²) in [5.41, 5.74) is 2.94. The van der Waals surface area contributed by atoms with Crippen molar-refractivity contribution in [2.24, 2.45) is 0 Å². The Morgan fingerprint density at radius 2 is 1.92 bits per heavy atom. The van der Waals surface area contributed by atoms with Gasteiger partial charge in [0, 0.05) is 17.7 Å². The fourth-order valence-electron chi connectivity index (χ4n) is 2.87. The van der Waals surface area contributed by atoms with Crippen LogP contribution in [0.15, 0.2) is 48.5 Å². The van der Waals surface area contributed by atoms with E-state index >= 15 is 0 Å². The molecule has 1 N–H and O–H groups in total. The zero-order chi connectivity index (χ0) is 18.8. The zero-order valence-corrected chi connectivity index (χ0v) is 14.3. The largest absolute Gasteiger partial charge is 0.478 e. The number of hydrogen-bond donors (Lipinski definition) is 1. The number of benzene rings is 2. The number of non-ortho nitro benzene ring substituents is 1. The van der Waals surface area contributed by atoms with Gasteiger partial charge in [-0.25, -0.2) is 9.48 Å². The van der Waals surface area contributed by atoms with E-state index in [-0.39, 0.29) is 16.9 Å². The number of nitro benzene ring substituents is 1. The maximum absolute atomic E-state index is 11.9. The molecule has 26 heavy (non-hydrogen) atoms. The molecular formula is C19H17N3O4. The third kappa shape index (κ3) is 3.06. The van der Waals surface area contributed by atoms with Gasteiger partial charge < -0.3 is 5.11 Å². The van der Waals surface area contributed by atoms with E-state index in [0.717, 1.165) is 11.3 Å². The summed E-state index contributed by atoms with van der Waals surface area (Å²) < 4.78 is 1.59. The molecule has 0 saturated heterocycles. The molecular weight excluding hydrogens is 334 g/mol. The van der Waals surface area contributed by atoms with Crippen molar-refractivity contribution in [2.45, 2.75) is 20.3 Å². The molecule has 2 aromatic carbocycles. The molecule has 3 aromatic rings. The highest BCUT2D eigenvalue weighted by molar-refractivity contribution is 5.96. The summed E-state index contributed by atoms with van der Waals surface area (Å²) in [6.45, 7) is 3.82. The van der Waals surface area contributed by atoms with Crippen LogP contribution in [0.5, 0.6) is 0 Å². The predicted molar refractivity (Wildman–Crippen MR) is 96.7 cm³/mol. The van der Waals surface area contributed by atoms with Crippen LogP contribution in [0.2, 0.25) is 0 Å². The maximum Gasteiger partial charge on any atom is 0.339 e. The second-order valence-corrected chi connectivity index (χ2v) is 5.88. The van der Waals surface area contributed by atoms with Crippen LogP contribution in [-0.4, -0.2) is 25.8 Å². The van der Waals surface area contributed by atoms with Crippen molar-refractivity contribution in [3.05, 3.63) is 75.5 Å². The average Bonchev–Trinajstić information content (AvgIpc) is 3.02. The molecule has 0 aliphatic rings. The van der Waals surface area contributed by atoms with E-state index in [4.69, 9.17) is 0 Å². The number of aromatic nitrogens is 2. The molecule has 7 nitrogen and oxygen atoms in total. The number of nitro groups is 1. The van der Waals surface area contributed by atoms with E-state index in [0.29, 0.717) is 17.7 Å². The van der Waals surface area contributed by atoms with Crippen LogP contribution in [0.3, 0.4) is 0 Å². The molecule has 0 atom stereocenters. The van der Waals surface area contributed by atoms with Crippen LogP contribution >= 0.6 is 0 Å². The molecule has 7 heteroatoms. The normalized spacial score (nSPS) is 10.7. The van der Waals surface area contributed by atoms with Crippen molar-refractivity contribution in [1.82, 2.24) is 9.78 Å². The van der Waals surface area contributed by atoms with Gasteiger partial charge in [0.1, 0.15) is 11.3 Å². The first-order valence-electron chi connectivity index (χ1n) is 8.09. The van der Waals surface area contributed by atoms with Gasteiger partial charge in [0.05, 0.1) is 16.3 Å². The summed E-state index contributed by atoms with van der Waals surface area (Å²) >= 11 is 0. The molecule has 0 spiro atoms. The Bertz CT molecular complexity index is 991. The Labute approximate surface area is 149 Å². The number of carboxylic acid groups (broad SMARTS) is 1. The zero-order valence-electron chi connectivity index (χ0n) is 14.3. The summed E-state index contributed by atoms with van der Waals surface area (Å²) in [5, 5.41) is 25.3. The second-order valence-electron chi connectivity index (χ2n) is 5.88. The number of aromatic carboxylic acids is 1. The third-order valence-corrected chi connectivity index (χ3v) is 4.14. The SMILES string of the molecule is CCc1c(C(=O)O)c(-c2cccc([N+](=O)[O-])c2)nn1-c1ccc(C)cc1. The van der Waals surface area contributed by atoms with Gasteiger partial charge in [-0.3, -0.25) is 10.1 Å². The molecule has 0 amide bonds. The van der Waals surface area contributed by atoms with Gasteiger partial charge in [-0.2, -0.15) is 5.10 Å². The fourth-order valence-corrected chi connectivity index (χ4v) is 2.87. The summed E-state index contributed by atoms with van der Waals surface area (Å²) in [7, 11) is 0. The van der Waals surface area contributed by atoms with Crippen molar-refractivity contribution in [3.8, 4) is 16.9 Å². The highest BCUT2D eigenvalue weighted by atomic mass is 16.6. The van der Waals surface area contributed by atoms with E-state index in [1.54, 1.807) is 10.7 Å². The van der Waals surface area contributed by atoms with Crippen LogP contribution in [0.1, 0.15) is 28.5 Å². The van der Waals surface area contributed by atoms with Crippen molar-refractivity contribution in [1.29, 1.82) is 0 Å². The molecule has 3 rings (SSSR count). The standard InChI is InChI=1S/C19H17N3O4/c1-3-16-17(19(23)24)18(13-5-4-6-15(11-13)22(25)26)20-21(16)14-9-7-12(2)8-10-14/h4-11H,3H2,1-2H3,(H,23,24). The molecule has 132 valence electrons. The molecule has 0 saturated carbocycles. The van der Waals surface area contributed by atoms with E-state index in [2.05, 4.69) is 5.10 Å². The van der Waals surface area contributed by atoms with Gasteiger partial charge >= 0.3 is 5.97 Å². The van der Waals surface area contributed by atoms with E-state index in [1.807, 2.05) is 38.1 Å². The first-order chi connectivity index (χ1) is 12.4.